The summed E-state index contributed by atoms with van der Waals surface area (Å²) in [6.07, 6.45) is 0. The van der Waals surface area contributed by atoms with Crippen molar-refractivity contribution >= 4 is 49.8 Å². The average Bonchev–Trinajstić information content (AvgIpc) is 3.08. The van der Waals surface area contributed by atoms with Crippen molar-refractivity contribution in [2.24, 2.45) is 0 Å². The van der Waals surface area contributed by atoms with E-state index in [4.69, 9.17) is 0 Å². The number of carbonyl (C=O) groups excluding carboxylic acids is 1. The van der Waals surface area contributed by atoms with Crippen molar-refractivity contribution < 1.29 is 13.2 Å². The highest BCUT2D eigenvalue weighted by Crippen LogP contribution is 2.29. The maximum absolute atomic E-state index is 12.7. The summed E-state index contributed by atoms with van der Waals surface area (Å²) in [6, 6.07) is 12.9. The molecule has 0 atom stereocenters. The van der Waals surface area contributed by atoms with Crippen molar-refractivity contribution in [3.63, 3.8) is 0 Å². The molecule has 29 heavy (non-hydrogen) atoms. The maximum Gasteiger partial charge on any atom is 0.261 e. The SMILES string of the molecule is Cc1ccc(S(=O)(=O)Nc2ccccc2C(=O)Nc2nnc(SC(C)C)s2)cc1. The van der Waals surface area contributed by atoms with Gasteiger partial charge in [0.25, 0.3) is 15.9 Å². The van der Waals surface area contributed by atoms with Crippen molar-refractivity contribution in [1.82, 2.24) is 10.2 Å². The number of para-hydroxylation sites is 1. The Hall–Kier alpha value is -2.43. The Labute approximate surface area is 178 Å². The van der Waals surface area contributed by atoms with Gasteiger partial charge in [-0.3, -0.25) is 14.8 Å². The van der Waals surface area contributed by atoms with Crippen LogP contribution in [0.25, 0.3) is 0 Å². The molecule has 0 fully saturated rings. The van der Waals surface area contributed by atoms with Crippen LogP contribution in [0.15, 0.2) is 57.8 Å². The summed E-state index contributed by atoms with van der Waals surface area (Å²) in [5, 5.41) is 11.4. The van der Waals surface area contributed by atoms with Crippen molar-refractivity contribution in [3.05, 3.63) is 59.7 Å². The molecule has 1 heterocycles. The normalized spacial score (nSPS) is 11.4. The van der Waals surface area contributed by atoms with E-state index in [9.17, 15) is 13.2 Å². The summed E-state index contributed by atoms with van der Waals surface area (Å²) in [7, 11) is -3.83. The molecule has 0 saturated carbocycles. The minimum absolute atomic E-state index is 0.123. The predicted octanol–water partition coefficient (Wildman–Crippen LogP) is 4.40. The standard InChI is InChI=1S/C19H20N4O3S3/c1-12(2)27-19-22-21-18(28-19)20-17(24)15-6-4-5-7-16(15)23-29(25,26)14-10-8-13(3)9-11-14/h4-12,23H,1-3H3,(H,20,21,24). The Bertz CT molecular complexity index is 1110. The number of nitrogens with zero attached hydrogens (tertiary/aromatic N) is 2. The lowest BCUT2D eigenvalue weighted by molar-refractivity contribution is 0.102. The lowest BCUT2D eigenvalue weighted by Gasteiger charge is -2.12. The highest BCUT2D eigenvalue weighted by molar-refractivity contribution is 8.01. The molecule has 0 aliphatic carbocycles. The highest BCUT2D eigenvalue weighted by atomic mass is 32.2. The quantitative estimate of drug-likeness (QED) is 0.410. The molecule has 3 rings (SSSR count). The van der Waals surface area contributed by atoms with Crippen LogP contribution < -0.4 is 10.0 Å². The molecule has 0 spiro atoms. The monoisotopic (exact) mass is 448 g/mol. The lowest BCUT2D eigenvalue weighted by atomic mass is 10.2. The molecule has 1 aromatic heterocycles. The molecular weight excluding hydrogens is 428 g/mol. The molecule has 0 aliphatic rings. The second kappa shape index (κ2) is 8.93. The number of benzene rings is 2. The zero-order chi connectivity index (χ0) is 21.0. The first-order valence-corrected chi connectivity index (χ1v) is 11.9. The largest absolute Gasteiger partial charge is 0.296 e. The average molecular weight is 449 g/mol. The number of hydrogen-bond acceptors (Lipinski definition) is 7. The van der Waals surface area contributed by atoms with Gasteiger partial charge >= 0.3 is 0 Å². The van der Waals surface area contributed by atoms with Crippen molar-refractivity contribution in [2.45, 2.75) is 35.3 Å². The molecule has 0 unspecified atom stereocenters. The molecule has 7 nitrogen and oxygen atoms in total. The summed E-state index contributed by atoms with van der Waals surface area (Å²) < 4.78 is 28.6. The molecule has 0 saturated heterocycles. The van der Waals surface area contributed by atoms with E-state index in [0.29, 0.717) is 10.4 Å². The smallest absolute Gasteiger partial charge is 0.261 e. The van der Waals surface area contributed by atoms with Gasteiger partial charge in [0.05, 0.1) is 16.1 Å². The van der Waals surface area contributed by atoms with E-state index >= 15 is 0 Å². The van der Waals surface area contributed by atoms with Gasteiger partial charge in [0.2, 0.25) is 5.13 Å². The van der Waals surface area contributed by atoms with Gasteiger partial charge in [0.15, 0.2) is 4.34 Å². The fraction of sp³-hybridized carbons (Fsp3) is 0.211. The molecule has 0 bridgehead atoms. The highest BCUT2D eigenvalue weighted by Gasteiger charge is 2.19. The van der Waals surface area contributed by atoms with Crippen LogP contribution in [0.5, 0.6) is 0 Å². The summed E-state index contributed by atoms with van der Waals surface area (Å²) in [4.78, 5) is 12.8. The molecule has 3 aromatic rings. The summed E-state index contributed by atoms with van der Waals surface area (Å²) >= 11 is 2.83. The van der Waals surface area contributed by atoms with E-state index in [2.05, 4.69) is 20.2 Å². The van der Waals surface area contributed by atoms with E-state index in [1.54, 1.807) is 48.2 Å². The molecule has 2 aromatic carbocycles. The molecule has 0 aliphatic heterocycles. The van der Waals surface area contributed by atoms with Gasteiger partial charge in [-0.2, -0.15) is 0 Å². The van der Waals surface area contributed by atoms with Crippen LogP contribution in [0.3, 0.4) is 0 Å². The summed E-state index contributed by atoms with van der Waals surface area (Å²) in [5.74, 6) is -0.468. The number of hydrogen-bond donors (Lipinski definition) is 2. The zero-order valence-electron chi connectivity index (χ0n) is 16.0. The van der Waals surface area contributed by atoms with Gasteiger partial charge < -0.3 is 0 Å². The van der Waals surface area contributed by atoms with Crippen LogP contribution in [0.2, 0.25) is 0 Å². The number of anilines is 2. The lowest BCUT2D eigenvalue weighted by Crippen LogP contribution is -2.18. The molecule has 0 radical (unpaired) electrons. The number of carbonyl (C=O) groups is 1. The number of aromatic nitrogens is 2. The van der Waals surface area contributed by atoms with Crippen molar-refractivity contribution in [2.75, 3.05) is 10.0 Å². The third kappa shape index (κ3) is 5.55. The van der Waals surface area contributed by atoms with Crippen molar-refractivity contribution in [1.29, 1.82) is 0 Å². The Morgan fingerprint density at radius 1 is 1.07 bits per heavy atom. The minimum atomic E-state index is -3.83. The van der Waals surface area contributed by atoms with Gasteiger partial charge in [-0.15, -0.1) is 10.2 Å². The van der Waals surface area contributed by atoms with Crippen LogP contribution in [-0.2, 0) is 10.0 Å². The van der Waals surface area contributed by atoms with Gasteiger partial charge in [-0.25, -0.2) is 8.42 Å². The van der Waals surface area contributed by atoms with E-state index in [0.717, 1.165) is 9.90 Å². The molecule has 10 heteroatoms. The fourth-order valence-corrected chi connectivity index (χ4v) is 5.42. The number of nitrogens with one attached hydrogen (secondary N) is 2. The van der Waals surface area contributed by atoms with E-state index in [-0.39, 0.29) is 16.1 Å². The third-order valence-electron chi connectivity index (χ3n) is 3.71. The van der Waals surface area contributed by atoms with Crippen molar-refractivity contribution in [3.8, 4) is 0 Å². The number of sulfonamides is 1. The molecule has 152 valence electrons. The first-order valence-electron chi connectivity index (χ1n) is 8.74. The summed E-state index contributed by atoms with van der Waals surface area (Å²) in [6.45, 7) is 5.96. The van der Waals surface area contributed by atoms with E-state index in [1.165, 1.54) is 23.5 Å². The second-order valence-corrected chi connectivity index (χ2v) is 10.9. The number of aryl methyl sites for hydroxylation is 1. The third-order valence-corrected chi connectivity index (χ3v) is 7.02. The van der Waals surface area contributed by atoms with Crippen LogP contribution in [0, 0.1) is 6.92 Å². The molecule has 1 amide bonds. The molecule has 2 N–H and O–H groups in total. The topological polar surface area (TPSA) is 101 Å². The Balaban J connectivity index is 1.80. The van der Waals surface area contributed by atoms with Gasteiger partial charge in [0.1, 0.15) is 0 Å². The molecular formula is C19H20N4O3S3. The van der Waals surface area contributed by atoms with Gasteiger partial charge in [-0.05, 0) is 31.2 Å². The Morgan fingerprint density at radius 3 is 2.45 bits per heavy atom. The van der Waals surface area contributed by atoms with E-state index in [1.807, 2.05) is 20.8 Å². The Kier molecular flexibility index (Phi) is 6.56. The summed E-state index contributed by atoms with van der Waals surface area (Å²) in [5.41, 5.74) is 1.33. The van der Waals surface area contributed by atoms with E-state index < -0.39 is 15.9 Å². The second-order valence-electron chi connectivity index (χ2n) is 6.46. The predicted molar refractivity (Wildman–Crippen MR) is 117 cm³/mol. The van der Waals surface area contributed by atoms with Crippen LogP contribution in [0.4, 0.5) is 10.8 Å². The van der Waals surface area contributed by atoms with Gasteiger partial charge in [0, 0.05) is 5.25 Å². The number of amides is 1. The maximum atomic E-state index is 12.7. The fourth-order valence-electron chi connectivity index (χ4n) is 2.37. The zero-order valence-corrected chi connectivity index (χ0v) is 18.5. The van der Waals surface area contributed by atoms with Gasteiger partial charge in [-0.1, -0.05) is 66.8 Å². The van der Waals surface area contributed by atoms with Crippen LogP contribution in [-0.4, -0.2) is 29.8 Å². The number of thioether (sulfide) groups is 1. The minimum Gasteiger partial charge on any atom is -0.296 e. The first kappa shape index (κ1) is 21.3. The Morgan fingerprint density at radius 2 is 1.76 bits per heavy atom. The number of rotatable bonds is 7. The first-order chi connectivity index (χ1) is 13.7. The van der Waals surface area contributed by atoms with Crippen LogP contribution in [0.1, 0.15) is 29.8 Å². The van der Waals surface area contributed by atoms with Crippen LogP contribution >= 0.6 is 23.1 Å².